The molecule has 2 saturated heterocycles. The fraction of sp³-hybridized carbons (Fsp3) is 0.720. The summed E-state index contributed by atoms with van der Waals surface area (Å²) in [5, 5.41) is 3.36. The summed E-state index contributed by atoms with van der Waals surface area (Å²) < 4.78 is 5.56. The van der Waals surface area contributed by atoms with E-state index in [1.54, 1.807) is 0 Å². The molecule has 2 heterocycles. The second kappa shape index (κ2) is 9.80. The number of ether oxygens (including phenoxy) is 1. The smallest absolute Gasteiger partial charge is 0.227 e. The van der Waals surface area contributed by atoms with Gasteiger partial charge in [0.05, 0.1) is 18.6 Å². The summed E-state index contributed by atoms with van der Waals surface area (Å²) in [4.78, 5) is 18.7. The molecule has 0 aromatic heterocycles. The third-order valence-electron chi connectivity index (χ3n) is 7.96. The van der Waals surface area contributed by atoms with E-state index >= 15 is 0 Å². The molecule has 0 spiro atoms. The van der Waals surface area contributed by atoms with Gasteiger partial charge < -0.3 is 15.0 Å². The van der Waals surface area contributed by atoms with Crippen LogP contribution in [0.1, 0.15) is 43.7 Å². The first kappa shape index (κ1) is 21.8. The average molecular weight is 414 g/mol. The summed E-state index contributed by atoms with van der Waals surface area (Å²) in [7, 11) is 0. The summed E-state index contributed by atoms with van der Waals surface area (Å²) in [6.45, 7) is 12.0. The predicted molar refractivity (Wildman–Crippen MR) is 121 cm³/mol. The Labute approximate surface area is 182 Å². The van der Waals surface area contributed by atoms with Gasteiger partial charge in [-0.1, -0.05) is 31.2 Å². The second-order valence-electron chi connectivity index (χ2n) is 9.52. The quantitative estimate of drug-likeness (QED) is 0.779. The molecular formula is C25H39N3O2. The molecule has 1 aliphatic carbocycles. The molecular weight excluding hydrogens is 374 g/mol. The van der Waals surface area contributed by atoms with Crippen LogP contribution in [-0.2, 0) is 16.0 Å². The number of likely N-dealkylation sites (tertiary alicyclic amines) is 1. The fourth-order valence-corrected chi connectivity index (χ4v) is 6.01. The Bertz CT molecular complexity index is 718. The van der Waals surface area contributed by atoms with Crippen LogP contribution >= 0.6 is 0 Å². The lowest BCUT2D eigenvalue weighted by Gasteiger charge is -2.53. The summed E-state index contributed by atoms with van der Waals surface area (Å²) in [6.07, 6.45) is 5.39. The van der Waals surface area contributed by atoms with Gasteiger partial charge in [0, 0.05) is 32.2 Å². The van der Waals surface area contributed by atoms with Crippen LogP contribution in [0.2, 0.25) is 0 Å². The van der Waals surface area contributed by atoms with Gasteiger partial charge in [-0.3, -0.25) is 9.69 Å². The van der Waals surface area contributed by atoms with Gasteiger partial charge in [0.1, 0.15) is 0 Å². The Kier molecular flexibility index (Phi) is 7.12. The van der Waals surface area contributed by atoms with Crippen molar-refractivity contribution >= 4 is 5.91 Å². The van der Waals surface area contributed by atoms with E-state index in [9.17, 15) is 4.79 Å². The van der Waals surface area contributed by atoms with Crippen LogP contribution in [0, 0.1) is 18.3 Å². The highest BCUT2D eigenvalue weighted by atomic mass is 16.5. The summed E-state index contributed by atoms with van der Waals surface area (Å²) >= 11 is 0. The molecule has 1 saturated carbocycles. The number of nitrogens with one attached hydrogen (secondary N) is 1. The zero-order valence-electron chi connectivity index (χ0n) is 18.9. The monoisotopic (exact) mass is 413 g/mol. The van der Waals surface area contributed by atoms with Crippen molar-refractivity contribution in [3.8, 4) is 0 Å². The minimum Gasteiger partial charge on any atom is -0.379 e. The van der Waals surface area contributed by atoms with Gasteiger partial charge in [0.2, 0.25) is 5.91 Å². The van der Waals surface area contributed by atoms with Gasteiger partial charge in [0.25, 0.3) is 0 Å². The van der Waals surface area contributed by atoms with Gasteiger partial charge in [-0.05, 0) is 69.2 Å². The molecule has 3 aliphatic rings. The predicted octanol–water partition coefficient (Wildman–Crippen LogP) is 2.87. The van der Waals surface area contributed by atoms with Gasteiger partial charge >= 0.3 is 0 Å². The molecule has 3 atom stereocenters. The normalized spacial score (nSPS) is 30.6. The van der Waals surface area contributed by atoms with Crippen LogP contribution in [0.3, 0.4) is 0 Å². The topological polar surface area (TPSA) is 44.8 Å². The molecule has 0 radical (unpaired) electrons. The van der Waals surface area contributed by atoms with Gasteiger partial charge in [-0.2, -0.15) is 0 Å². The SMILES string of the molecule is CCN1CC[C@@H]2C[C@@H](N3CCOCC3)CC[C@@]2(C(=O)NCCc2ccccc2C)C1. The first-order valence-electron chi connectivity index (χ1n) is 12.0. The molecule has 0 unspecified atom stereocenters. The molecule has 166 valence electrons. The number of hydrogen-bond donors (Lipinski definition) is 1. The minimum atomic E-state index is -0.206. The fourth-order valence-electron chi connectivity index (χ4n) is 6.01. The van der Waals surface area contributed by atoms with Gasteiger partial charge in [0.15, 0.2) is 0 Å². The molecule has 0 bridgehead atoms. The second-order valence-corrected chi connectivity index (χ2v) is 9.52. The van der Waals surface area contributed by atoms with Crippen LogP contribution < -0.4 is 5.32 Å². The molecule has 1 aromatic rings. The number of fused-ring (bicyclic) bond motifs is 1. The molecule has 30 heavy (non-hydrogen) atoms. The van der Waals surface area contributed by atoms with Crippen molar-refractivity contribution in [3.05, 3.63) is 35.4 Å². The Morgan fingerprint density at radius 3 is 2.77 bits per heavy atom. The van der Waals surface area contributed by atoms with E-state index in [2.05, 4.69) is 53.2 Å². The molecule has 5 heteroatoms. The van der Waals surface area contributed by atoms with Crippen molar-refractivity contribution in [3.63, 3.8) is 0 Å². The Hall–Kier alpha value is -1.43. The van der Waals surface area contributed by atoms with Crippen LogP contribution in [0.25, 0.3) is 0 Å². The van der Waals surface area contributed by atoms with Crippen LogP contribution in [0.4, 0.5) is 0 Å². The number of amides is 1. The number of hydrogen-bond acceptors (Lipinski definition) is 4. The zero-order chi connectivity index (χ0) is 21.0. The maximum atomic E-state index is 13.6. The molecule has 1 aromatic carbocycles. The lowest BCUT2D eigenvalue weighted by atomic mass is 9.61. The number of nitrogens with zero attached hydrogens (tertiary/aromatic N) is 2. The summed E-state index contributed by atoms with van der Waals surface area (Å²) in [5.74, 6) is 0.806. The van der Waals surface area contributed by atoms with E-state index in [-0.39, 0.29) is 5.41 Å². The summed E-state index contributed by atoms with van der Waals surface area (Å²) in [6, 6.07) is 9.12. The highest BCUT2D eigenvalue weighted by Crippen LogP contribution is 2.47. The maximum absolute atomic E-state index is 13.6. The standard InChI is InChI=1S/C25H39N3O2/c1-3-27-13-10-22-18-23(28-14-16-30-17-15-28)8-11-25(22,19-27)24(29)26-12-9-21-7-5-4-6-20(21)2/h4-7,22-23H,3,8-19H2,1-2H3,(H,26,29)/t22-,23+,25-/m1/s1. The van der Waals surface area contributed by atoms with Gasteiger partial charge in [-0.25, -0.2) is 0 Å². The number of rotatable bonds is 6. The van der Waals surface area contributed by atoms with E-state index < -0.39 is 0 Å². The van der Waals surface area contributed by atoms with Crippen molar-refractivity contribution < 1.29 is 9.53 Å². The lowest BCUT2D eigenvalue weighted by molar-refractivity contribution is -0.144. The Morgan fingerprint density at radius 1 is 1.20 bits per heavy atom. The number of carbonyl (C=O) groups excluding carboxylic acids is 1. The highest BCUT2D eigenvalue weighted by Gasteiger charge is 2.52. The van der Waals surface area contributed by atoms with Crippen molar-refractivity contribution in [1.82, 2.24) is 15.1 Å². The average Bonchev–Trinajstić information content (AvgIpc) is 2.80. The Balaban J connectivity index is 1.42. The first-order chi connectivity index (χ1) is 14.6. The number of piperidine rings is 1. The highest BCUT2D eigenvalue weighted by molar-refractivity contribution is 5.83. The van der Waals surface area contributed by atoms with E-state index in [4.69, 9.17) is 4.74 Å². The van der Waals surface area contributed by atoms with Gasteiger partial charge in [-0.15, -0.1) is 0 Å². The number of morpholine rings is 1. The van der Waals surface area contributed by atoms with Crippen molar-refractivity contribution in [2.45, 2.75) is 52.0 Å². The van der Waals surface area contributed by atoms with Crippen molar-refractivity contribution in [2.75, 3.05) is 52.5 Å². The first-order valence-corrected chi connectivity index (χ1v) is 12.0. The van der Waals surface area contributed by atoms with Crippen LogP contribution in [0.15, 0.2) is 24.3 Å². The minimum absolute atomic E-state index is 0.206. The van der Waals surface area contributed by atoms with Crippen molar-refractivity contribution in [1.29, 1.82) is 0 Å². The molecule has 1 amide bonds. The largest absolute Gasteiger partial charge is 0.379 e. The molecule has 3 fully saturated rings. The van der Waals surface area contributed by atoms with Crippen molar-refractivity contribution in [2.24, 2.45) is 11.3 Å². The third kappa shape index (κ3) is 4.58. The van der Waals surface area contributed by atoms with E-state index in [0.717, 1.165) is 78.2 Å². The zero-order valence-corrected chi connectivity index (χ0v) is 18.9. The molecule has 5 nitrogen and oxygen atoms in total. The van der Waals surface area contributed by atoms with E-state index in [1.807, 2.05) is 0 Å². The Morgan fingerprint density at radius 2 is 2.00 bits per heavy atom. The summed E-state index contributed by atoms with van der Waals surface area (Å²) in [5.41, 5.74) is 2.44. The van der Waals surface area contributed by atoms with E-state index in [0.29, 0.717) is 17.9 Å². The van der Waals surface area contributed by atoms with E-state index in [1.165, 1.54) is 17.5 Å². The molecule has 1 N–H and O–H groups in total. The van der Waals surface area contributed by atoms with Crippen LogP contribution in [0.5, 0.6) is 0 Å². The lowest BCUT2D eigenvalue weighted by Crippen LogP contribution is -2.61. The number of aryl methyl sites for hydroxylation is 1. The third-order valence-corrected chi connectivity index (χ3v) is 7.96. The maximum Gasteiger partial charge on any atom is 0.227 e. The molecule has 4 rings (SSSR count). The number of carbonyl (C=O) groups is 1. The molecule has 2 aliphatic heterocycles. The number of benzene rings is 1. The van der Waals surface area contributed by atoms with Crippen LogP contribution in [-0.4, -0.2) is 74.2 Å².